The van der Waals surface area contributed by atoms with E-state index in [0.29, 0.717) is 11.2 Å². The summed E-state index contributed by atoms with van der Waals surface area (Å²) in [6.07, 6.45) is 6.86. The van der Waals surface area contributed by atoms with Gasteiger partial charge in [-0.15, -0.1) is 0 Å². The number of benzene rings is 1. The van der Waals surface area contributed by atoms with Crippen molar-refractivity contribution in [3.05, 3.63) is 76.0 Å². The summed E-state index contributed by atoms with van der Waals surface area (Å²) in [5.41, 5.74) is 6.66. The minimum absolute atomic E-state index is 0.00736. The highest BCUT2D eigenvalue weighted by molar-refractivity contribution is 5.83. The topological polar surface area (TPSA) is 76.8 Å². The van der Waals surface area contributed by atoms with Gasteiger partial charge in [0, 0.05) is 46.8 Å². The number of pyridine rings is 2. The predicted octanol–water partition coefficient (Wildman–Crippen LogP) is 5.34. The average Bonchev–Trinajstić information content (AvgIpc) is 3.53. The van der Waals surface area contributed by atoms with Gasteiger partial charge in [-0.3, -0.25) is 9.78 Å². The highest BCUT2D eigenvalue weighted by Crippen LogP contribution is 2.47. The molecule has 0 amide bonds. The molecule has 2 N–H and O–H groups in total. The number of nitrogens with zero attached hydrogens (tertiary/aromatic N) is 4. The molecule has 2 aliphatic rings. The van der Waals surface area contributed by atoms with E-state index in [4.69, 9.17) is 0 Å². The maximum atomic E-state index is 13.4. The Hall–Kier alpha value is -3.45. The van der Waals surface area contributed by atoms with Crippen LogP contribution >= 0.6 is 0 Å². The number of hydrogen-bond donors (Lipinski definition) is 2. The fourth-order valence-electron chi connectivity index (χ4n) is 5.48. The lowest BCUT2D eigenvalue weighted by atomic mass is 9.85. The van der Waals surface area contributed by atoms with E-state index in [1.807, 2.05) is 41.5 Å². The molecule has 0 radical (unpaired) electrons. The van der Waals surface area contributed by atoms with Crippen molar-refractivity contribution in [3.63, 3.8) is 0 Å². The molecule has 4 heterocycles. The molecule has 3 aromatic heterocycles. The van der Waals surface area contributed by atoms with Crippen LogP contribution in [0, 0.1) is 0 Å². The van der Waals surface area contributed by atoms with Gasteiger partial charge in [0.1, 0.15) is 5.82 Å². The third-order valence-electron chi connectivity index (χ3n) is 7.87. The zero-order valence-electron chi connectivity index (χ0n) is 21.7. The maximum absolute atomic E-state index is 13.4. The molecule has 0 spiro atoms. The number of rotatable bonds is 5. The smallest absolute Gasteiger partial charge is 0.276 e. The number of aromatic nitrogens is 4. The van der Waals surface area contributed by atoms with E-state index in [1.165, 1.54) is 11.1 Å². The molecule has 1 saturated carbocycles. The number of nitrogens with one attached hydrogen (secondary N) is 2. The molecule has 1 fully saturated rings. The Morgan fingerprint density at radius 1 is 1.06 bits per heavy atom. The van der Waals surface area contributed by atoms with Crippen molar-refractivity contribution >= 4 is 22.4 Å². The average molecular weight is 483 g/mol. The van der Waals surface area contributed by atoms with Gasteiger partial charge in [-0.05, 0) is 88.9 Å². The quantitative estimate of drug-likeness (QED) is 0.402. The molecular weight excluding hydrogens is 448 g/mol. The van der Waals surface area contributed by atoms with Crippen molar-refractivity contribution in [1.29, 1.82) is 0 Å². The number of hydrogen-bond acceptors (Lipinski definition) is 5. The highest BCUT2D eigenvalue weighted by Gasteiger charge is 2.40. The molecule has 6 rings (SSSR count). The third-order valence-corrected chi connectivity index (χ3v) is 7.87. The van der Waals surface area contributed by atoms with Crippen molar-refractivity contribution in [3.8, 4) is 5.69 Å². The fraction of sp³-hybridized carbons (Fsp3) is 0.414. The van der Waals surface area contributed by atoms with E-state index in [1.54, 1.807) is 6.20 Å². The van der Waals surface area contributed by atoms with Crippen LogP contribution in [0.1, 0.15) is 70.3 Å². The Bertz CT molecular complexity index is 1540. The SMILES string of the molecule is CC(C)n1c(=O)c2cnc(Nc3ccc4c(c3)CCNC4(C)C)cc2n1-c1ccnc(C2(C)CC2)c1. The van der Waals surface area contributed by atoms with Crippen LogP contribution in [0.25, 0.3) is 16.6 Å². The van der Waals surface area contributed by atoms with Gasteiger partial charge < -0.3 is 10.6 Å². The highest BCUT2D eigenvalue weighted by atomic mass is 16.1. The first kappa shape index (κ1) is 23.0. The van der Waals surface area contributed by atoms with Gasteiger partial charge in [0.05, 0.1) is 16.6 Å². The lowest BCUT2D eigenvalue weighted by molar-refractivity contribution is 0.382. The van der Waals surface area contributed by atoms with Crippen LogP contribution in [-0.4, -0.2) is 25.9 Å². The van der Waals surface area contributed by atoms with Crippen molar-refractivity contribution in [2.45, 2.75) is 70.9 Å². The Labute approximate surface area is 211 Å². The molecule has 186 valence electrons. The standard InChI is InChI=1S/C29H34N6O/c1-18(2)34-27(36)22-17-31-26(33-20-6-7-23-19(14-20)8-13-32-28(23,3)4)16-24(22)35(34)21-9-12-30-25(15-21)29(5)10-11-29/h6-7,9,12,14-18,32H,8,10-11,13H2,1-5H3,(H,31,33). The summed E-state index contributed by atoms with van der Waals surface area (Å²) in [6.45, 7) is 11.7. The molecule has 4 aromatic rings. The van der Waals surface area contributed by atoms with Gasteiger partial charge in [0.25, 0.3) is 5.56 Å². The summed E-state index contributed by atoms with van der Waals surface area (Å²) in [5, 5.41) is 7.69. The monoisotopic (exact) mass is 482 g/mol. The largest absolute Gasteiger partial charge is 0.340 e. The molecule has 1 aliphatic carbocycles. The second-order valence-corrected chi connectivity index (χ2v) is 11.4. The van der Waals surface area contributed by atoms with Crippen LogP contribution < -0.4 is 16.2 Å². The Morgan fingerprint density at radius 2 is 1.86 bits per heavy atom. The molecule has 0 unspecified atom stereocenters. The summed E-state index contributed by atoms with van der Waals surface area (Å²) >= 11 is 0. The van der Waals surface area contributed by atoms with Crippen LogP contribution in [0.5, 0.6) is 0 Å². The number of anilines is 2. The van der Waals surface area contributed by atoms with E-state index in [-0.39, 0.29) is 22.6 Å². The summed E-state index contributed by atoms with van der Waals surface area (Å²) in [4.78, 5) is 22.7. The summed E-state index contributed by atoms with van der Waals surface area (Å²) in [6, 6.07) is 12.6. The zero-order valence-corrected chi connectivity index (χ0v) is 21.7. The normalized spacial score (nSPS) is 17.8. The van der Waals surface area contributed by atoms with Gasteiger partial charge in [-0.2, -0.15) is 0 Å². The molecule has 1 aliphatic heterocycles. The van der Waals surface area contributed by atoms with E-state index in [9.17, 15) is 4.79 Å². The van der Waals surface area contributed by atoms with Gasteiger partial charge in [0.2, 0.25) is 0 Å². The molecule has 0 atom stereocenters. The summed E-state index contributed by atoms with van der Waals surface area (Å²) in [5.74, 6) is 0.716. The van der Waals surface area contributed by atoms with Crippen molar-refractivity contribution in [2.24, 2.45) is 0 Å². The maximum Gasteiger partial charge on any atom is 0.276 e. The first-order chi connectivity index (χ1) is 17.2. The van der Waals surface area contributed by atoms with Crippen LogP contribution in [0.15, 0.2) is 53.6 Å². The van der Waals surface area contributed by atoms with Crippen molar-refractivity contribution in [1.82, 2.24) is 24.6 Å². The molecule has 7 heteroatoms. The lowest BCUT2D eigenvalue weighted by Crippen LogP contribution is -2.42. The second-order valence-electron chi connectivity index (χ2n) is 11.4. The molecule has 0 bridgehead atoms. The molecular formula is C29H34N6O. The van der Waals surface area contributed by atoms with E-state index < -0.39 is 0 Å². The first-order valence-electron chi connectivity index (χ1n) is 12.9. The van der Waals surface area contributed by atoms with E-state index in [0.717, 1.165) is 48.4 Å². The van der Waals surface area contributed by atoms with Crippen molar-refractivity contribution < 1.29 is 0 Å². The van der Waals surface area contributed by atoms with Gasteiger partial charge >= 0.3 is 0 Å². The minimum atomic E-state index is -0.0291. The van der Waals surface area contributed by atoms with Gasteiger partial charge in [-0.1, -0.05) is 13.0 Å². The Morgan fingerprint density at radius 3 is 2.61 bits per heavy atom. The minimum Gasteiger partial charge on any atom is -0.340 e. The molecule has 36 heavy (non-hydrogen) atoms. The summed E-state index contributed by atoms with van der Waals surface area (Å²) in [7, 11) is 0. The van der Waals surface area contributed by atoms with Gasteiger partial charge in [-0.25, -0.2) is 14.3 Å². The van der Waals surface area contributed by atoms with Gasteiger partial charge in [0.15, 0.2) is 0 Å². The molecule has 7 nitrogen and oxygen atoms in total. The zero-order chi connectivity index (χ0) is 25.2. The predicted molar refractivity (Wildman–Crippen MR) is 145 cm³/mol. The van der Waals surface area contributed by atoms with E-state index in [2.05, 4.69) is 65.6 Å². The molecule has 0 saturated heterocycles. The first-order valence-corrected chi connectivity index (χ1v) is 12.9. The Balaban J connectivity index is 1.44. The van der Waals surface area contributed by atoms with Crippen LogP contribution in [0.2, 0.25) is 0 Å². The van der Waals surface area contributed by atoms with Crippen LogP contribution in [0.3, 0.4) is 0 Å². The van der Waals surface area contributed by atoms with E-state index >= 15 is 0 Å². The Kier molecular flexibility index (Phi) is 5.13. The fourth-order valence-corrected chi connectivity index (χ4v) is 5.48. The number of fused-ring (bicyclic) bond motifs is 2. The second kappa shape index (κ2) is 8.03. The van der Waals surface area contributed by atoms with Crippen molar-refractivity contribution in [2.75, 3.05) is 11.9 Å². The third kappa shape index (κ3) is 3.73. The molecule has 1 aromatic carbocycles. The lowest BCUT2D eigenvalue weighted by Gasteiger charge is -2.34. The van der Waals surface area contributed by atoms with Crippen LogP contribution in [-0.2, 0) is 17.4 Å². The van der Waals surface area contributed by atoms with Crippen LogP contribution in [0.4, 0.5) is 11.5 Å². The summed E-state index contributed by atoms with van der Waals surface area (Å²) < 4.78 is 3.85.